The number of anilines is 1. The van der Waals surface area contributed by atoms with Crippen LogP contribution in [-0.4, -0.2) is 9.78 Å². The van der Waals surface area contributed by atoms with E-state index in [0.717, 1.165) is 5.56 Å². The van der Waals surface area contributed by atoms with Gasteiger partial charge in [0.1, 0.15) is 5.82 Å². The van der Waals surface area contributed by atoms with E-state index < -0.39 is 6.43 Å². The predicted octanol–water partition coefficient (Wildman–Crippen LogP) is 2.92. The van der Waals surface area contributed by atoms with Gasteiger partial charge in [-0.05, 0) is 13.0 Å². The summed E-state index contributed by atoms with van der Waals surface area (Å²) in [6, 6.07) is 6.39. The Bertz CT molecular complexity index is 527. The Labute approximate surface area is 97.9 Å². The van der Waals surface area contributed by atoms with E-state index in [1.54, 1.807) is 25.2 Å². The second-order valence-electron chi connectivity index (χ2n) is 3.97. The van der Waals surface area contributed by atoms with Crippen LogP contribution in [0.2, 0.25) is 0 Å². The molecule has 2 aromatic rings. The molecule has 5 heteroatoms. The summed E-state index contributed by atoms with van der Waals surface area (Å²) in [5.41, 5.74) is 7.46. The fourth-order valence-electron chi connectivity index (χ4n) is 1.70. The highest BCUT2D eigenvalue weighted by atomic mass is 19.3. The standard InChI is InChI=1S/C12H13F2N3/c1-7-3-4-8(12(13)14)9(5-7)10-6-11(15)17(2)16-10/h3-6,12H,15H2,1-2H3. The molecule has 0 saturated carbocycles. The van der Waals surface area contributed by atoms with Gasteiger partial charge in [0.2, 0.25) is 0 Å². The van der Waals surface area contributed by atoms with Crippen molar-refractivity contribution >= 4 is 5.82 Å². The van der Waals surface area contributed by atoms with Gasteiger partial charge in [0.15, 0.2) is 0 Å². The van der Waals surface area contributed by atoms with Crippen LogP contribution in [0.15, 0.2) is 24.3 Å². The van der Waals surface area contributed by atoms with Crippen LogP contribution in [0.3, 0.4) is 0 Å². The van der Waals surface area contributed by atoms with E-state index in [-0.39, 0.29) is 5.56 Å². The van der Waals surface area contributed by atoms with Crippen molar-refractivity contribution in [3.05, 3.63) is 35.4 Å². The average Bonchev–Trinajstić information content (AvgIpc) is 2.58. The predicted molar refractivity (Wildman–Crippen MR) is 62.8 cm³/mol. The summed E-state index contributed by atoms with van der Waals surface area (Å²) >= 11 is 0. The van der Waals surface area contributed by atoms with Gasteiger partial charge in [-0.25, -0.2) is 8.78 Å². The van der Waals surface area contributed by atoms with E-state index in [0.29, 0.717) is 17.1 Å². The zero-order valence-electron chi connectivity index (χ0n) is 9.61. The number of nitrogen functional groups attached to an aromatic ring is 1. The molecular formula is C12H13F2N3. The number of aryl methyl sites for hydroxylation is 2. The molecule has 2 rings (SSSR count). The van der Waals surface area contributed by atoms with Gasteiger partial charge in [-0.3, -0.25) is 4.68 Å². The largest absolute Gasteiger partial charge is 0.384 e. The van der Waals surface area contributed by atoms with E-state index >= 15 is 0 Å². The van der Waals surface area contributed by atoms with E-state index in [1.165, 1.54) is 10.7 Å². The maximum absolute atomic E-state index is 12.9. The lowest BCUT2D eigenvalue weighted by Gasteiger charge is -2.07. The molecule has 0 aliphatic rings. The summed E-state index contributed by atoms with van der Waals surface area (Å²) < 4.78 is 27.2. The van der Waals surface area contributed by atoms with Crippen LogP contribution in [0.1, 0.15) is 17.6 Å². The normalized spacial score (nSPS) is 11.1. The number of alkyl halides is 2. The van der Waals surface area contributed by atoms with E-state index in [4.69, 9.17) is 5.73 Å². The fraction of sp³-hybridized carbons (Fsp3) is 0.250. The second-order valence-corrected chi connectivity index (χ2v) is 3.97. The van der Waals surface area contributed by atoms with Gasteiger partial charge in [0.05, 0.1) is 5.69 Å². The number of hydrogen-bond acceptors (Lipinski definition) is 2. The fourth-order valence-corrected chi connectivity index (χ4v) is 1.70. The number of nitrogens with zero attached hydrogens (tertiary/aromatic N) is 2. The van der Waals surface area contributed by atoms with Crippen molar-refractivity contribution in [2.45, 2.75) is 13.3 Å². The lowest BCUT2D eigenvalue weighted by atomic mass is 10.0. The summed E-state index contributed by atoms with van der Waals surface area (Å²) in [7, 11) is 1.68. The number of nitrogens with two attached hydrogens (primary N) is 1. The van der Waals surface area contributed by atoms with Crippen LogP contribution in [0.5, 0.6) is 0 Å². The van der Waals surface area contributed by atoms with Crippen molar-refractivity contribution in [3.8, 4) is 11.3 Å². The number of aromatic nitrogens is 2. The molecule has 0 saturated heterocycles. The first-order valence-corrected chi connectivity index (χ1v) is 5.17. The molecule has 0 aliphatic heterocycles. The molecule has 1 aromatic heterocycles. The molecule has 17 heavy (non-hydrogen) atoms. The Morgan fingerprint density at radius 3 is 2.53 bits per heavy atom. The smallest absolute Gasteiger partial charge is 0.264 e. The third kappa shape index (κ3) is 2.13. The Morgan fingerprint density at radius 2 is 2.00 bits per heavy atom. The minimum atomic E-state index is -2.52. The van der Waals surface area contributed by atoms with Crippen molar-refractivity contribution in [3.63, 3.8) is 0 Å². The molecule has 0 bridgehead atoms. The highest BCUT2D eigenvalue weighted by molar-refractivity contribution is 5.67. The summed E-state index contributed by atoms with van der Waals surface area (Å²) in [6.45, 7) is 1.85. The monoisotopic (exact) mass is 237 g/mol. The van der Waals surface area contributed by atoms with Crippen LogP contribution in [0.4, 0.5) is 14.6 Å². The molecule has 0 amide bonds. The van der Waals surface area contributed by atoms with E-state index in [1.807, 2.05) is 6.92 Å². The van der Waals surface area contributed by atoms with Crippen molar-refractivity contribution in [1.29, 1.82) is 0 Å². The molecule has 1 aromatic carbocycles. The SMILES string of the molecule is Cc1ccc(C(F)F)c(-c2cc(N)n(C)n2)c1. The minimum absolute atomic E-state index is 0.0197. The molecule has 0 fully saturated rings. The average molecular weight is 237 g/mol. The van der Waals surface area contributed by atoms with Crippen LogP contribution in [0.25, 0.3) is 11.3 Å². The van der Waals surface area contributed by atoms with Crippen LogP contribution in [0, 0.1) is 6.92 Å². The second kappa shape index (κ2) is 4.16. The van der Waals surface area contributed by atoms with E-state index in [2.05, 4.69) is 5.10 Å². The molecule has 3 nitrogen and oxygen atoms in total. The third-order valence-electron chi connectivity index (χ3n) is 2.64. The molecule has 0 spiro atoms. The Balaban J connectivity index is 2.60. The first kappa shape index (κ1) is 11.6. The minimum Gasteiger partial charge on any atom is -0.384 e. The van der Waals surface area contributed by atoms with Gasteiger partial charge in [-0.15, -0.1) is 0 Å². The van der Waals surface area contributed by atoms with Crippen LogP contribution < -0.4 is 5.73 Å². The Morgan fingerprint density at radius 1 is 1.29 bits per heavy atom. The van der Waals surface area contributed by atoms with Gasteiger partial charge in [0.25, 0.3) is 6.43 Å². The molecule has 0 radical (unpaired) electrons. The zero-order chi connectivity index (χ0) is 12.6. The van der Waals surface area contributed by atoms with Crippen molar-refractivity contribution in [2.75, 3.05) is 5.73 Å². The summed E-state index contributed by atoms with van der Waals surface area (Å²) in [5, 5.41) is 4.12. The molecule has 1 heterocycles. The lowest BCUT2D eigenvalue weighted by molar-refractivity contribution is 0.152. The maximum Gasteiger partial charge on any atom is 0.264 e. The summed E-state index contributed by atoms with van der Waals surface area (Å²) in [5.74, 6) is 0.446. The first-order chi connectivity index (χ1) is 7.99. The highest BCUT2D eigenvalue weighted by Crippen LogP contribution is 2.31. The molecule has 0 unspecified atom stereocenters. The number of halogens is 2. The topological polar surface area (TPSA) is 43.8 Å². The van der Waals surface area contributed by atoms with Gasteiger partial charge < -0.3 is 5.73 Å². The van der Waals surface area contributed by atoms with Crippen LogP contribution >= 0.6 is 0 Å². The molecule has 0 atom stereocenters. The van der Waals surface area contributed by atoms with Crippen molar-refractivity contribution in [1.82, 2.24) is 9.78 Å². The zero-order valence-corrected chi connectivity index (χ0v) is 9.61. The van der Waals surface area contributed by atoms with Gasteiger partial charge >= 0.3 is 0 Å². The molecule has 0 aliphatic carbocycles. The third-order valence-corrected chi connectivity index (χ3v) is 2.64. The van der Waals surface area contributed by atoms with Crippen LogP contribution in [-0.2, 0) is 7.05 Å². The van der Waals surface area contributed by atoms with Gasteiger partial charge in [-0.1, -0.05) is 17.7 Å². The van der Waals surface area contributed by atoms with Crippen molar-refractivity contribution in [2.24, 2.45) is 7.05 Å². The number of benzene rings is 1. The molecule has 90 valence electrons. The molecule has 2 N–H and O–H groups in total. The first-order valence-electron chi connectivity index (χ1n) is 5.17. The van der Waals surface area contributed by atoms with Gasteiger partial charge in [0, 0.05) is 24.2 Å². The summed E-state index contributed by atoms with van der Waals surface area (Å²) in [4.78, 5) is 0. The maximum atomic E-state index is 12.9. The molecular weight excluding hydrogens is 224 g/mol. The summed E-state index contributed by atoms with van der Waals surface area (Å²) in [6.07, 6.45) is -2.52. The number of rotatable bonds is 2. The lowest BCUT2D eigenvalue weighted by Crippen LogP contribution is -1.97. The highest BCUT2D eigenvalue weighted by Gasteiger charge is 2.16. The Hall–Kier alpha value is -1.91. The quantitative estimate of drug-likeness (QED) is 0.872. The van der Waals surface area contributed by atoms with Crippen molar-refractivity contribution < 1.29 is 8.78 Å². The van der Waals surface area contributed by atoms with E-state index in [9.17, 15) is 8.78 Å². The Kier molecular flexibility index (Phi) is 2.83. The van der Waals surface area contributed by atoms with Gasteiger partial charge in [-0.2, -0.15) is 5.10 Å². The number of hydrogen-bond donors (Lipinski definition) is 1.